The molecule has 148 valence electrons. The lowest BCUT2D eigenvalue weighted by molar-refractivity contribution is 0.273. The summed E-state index contributed by atoms with van der Waals surface area (Å²) in [7, 11) is 2.14. The zero-order chi connectivity index (χ0) is 20.0. The van der Waals surface area contributed by atoms with E-state index in [1.807, 2.05) is 24.3 Å². The van der Waals surface area contributed by atoms with E-state index in [4.69, 9.17) is 23.2 Å². The van der Waals surface area contributed by atoms with Crippen molar-refractivity contribution in [1.29, 1.82) is 5.26 Å². The van der Waals surface area contributed by atoms with Crippen LogP contribution in [-0.2, 0) is 12.0 Å². The van der Waals surface area contributed by atoms with E-state index in [1.165, 1.54) is 18.4 Å². The molecule has 0 spiro atoms. The van der Waals surface area contributed by atoms with E-state index in [0.29, 0.717) is 16.0 Å². The van der Waals surface area contributed by atoms with E-state index >= 15 is 0 Å². The van der Waals surface area contributed by atoms with Gasteiger partial charge in [-0.1, -0.05) is 72.4 Å². The Morgan fingerprint density at radius 1 is 1.04 bits per heavy atom. The number of halogens is 2. The quantitative estimate of drug-likeness (QED) is 0.471. The van der Waals surface area contributed by atoms with Crippen molar-refractivity contribution in [3.05, 3.63) is 69.7 Å². The van der Waals surface area contributed by atoms with Crippen LogP contribution >= 0.6 is 23.2 Å². The highest BCUT2D eigenvalue weighted by Gasteiger charge is 2.44. The first kappa shape index (κ1) is 21.2. The molecule has 1 aliphatic carbocycles. The lowest BCUT2D eigenvalue weighted by Gasteiger charge is -2.35. The molecule has 4 heteroatoms. The van der Waals surface area contributed by atoms with Crippen LogP contribution in [0.5, 0.6) is 0 Å². The standard InChI is InChI=1S/C24H28Cl2N2/c1-28(17-19-9-3-2-4-10-19)16-8-15-24(18-27,20-11-5-6-12-20)23-21(25)13-7-14-22(23)26/h2-4,7,9-10,13-14,20H,5-6,8,11-12,15-17H2,1H3. The zero-order valence-corrected chi connectivity index (χ0v) is 18.0. The monoisotopic (exact) mass is 414 g/mol. The van der Waals surface area contributed by atoms with Crippen molar-refractivity contribution in [2.24, 2.45) is 5.92 Å². The molecule has 2 nitrogen and oxygen atoms in total. The van der Waals surface area contributed by atoms with Gasteiger partial charge in [0.1, 0.15) is 0 Å². The second-order valence-electron chi connectivity index (χ2n) is 7.99. The molecular weight excluding hydrogens is 387 g/mol. The second kappa shape index (κ2) is 9.79. The first-order valence-electron chi connectivity index (χ1n) is 10.1. The fourth-order valence-electron chi connectivity index (χ4n) is 4.68. The Bertz CT molecular complexity index is 789. The number of benzene rings is 2. The van der Waals surface area contributed by atoms with Crippen LogP contribution in [0.4, 0.5) is 0 Å². The van der Waals surface area contributed by atoms with E-state index in [9.17, 15) is 5.26 Å². The number of nitriles is 1. The minimum Gasteiger partial charge on any atom is -0.302 e. The fraction of sp³-hybridized carbons (Fsp3) is 0.458. The first-order chi connectivity index (χ1) is 13.6. The van der Waals surface area contributed by atoms with Crippen molar-refractivity contribution < 1.29 is 0 Å². The number of hydrogen-bond acceptors (Lipinski definition) is 2. The lowest BCUT2D eigenvalue weighted by Crippen LogP contribution is -2.34. The van der Waals surface area contributed by atoms with E-state index in [0.717, 1.165) is 44.3 Å². The summed E-state index contributed by atoms with van der Waals surface area (Å²) in [4.78, 5) is 2.32. The summed E-state index contributed by atoms with van der Waals surface area (Å²) in [6, 6.07) is 18.8. The van der Waals surface area contributed by atoms with Crippen molar-refractivity contribution in [2.75, 3.05) is 13.6 Å². The van der Waals surface area contributed by atoms with E-state index in [1.54, 1.807) is 0 Å². The predicted octanol–water partition coefficient (Wildman–Crippen LogP) is 6.86. The second-order valence-corrected chi connectivity index (χ2v) is 8.80. The van der Waals surface area contributed by atoms with E-state index in [2.05, 4.69) is 42.3 Å². The molecule has 0 bridgehead atoms. The van der Waals surface area contributed by atoms with Crippen LogP contribution in [0.3, 0.4) is 0 Å². The molecule has 2 aromatic carbocycles. The summed E-state index contributed by atoms with van der Waals surface area (Å²) in [6.07, 6.45) is 6.25. The molecule has 0 N–H and O–H groups in total. The molecule has 0 amide bonds. The SMILES string of the molecule is CN(CCCC(C#N)(c1c(Cl)cccc1Cl)C1CCCC1)Cc1ccccc1. The average Bonchev–Trinajstić information content (AvgIpc) is 3.22. The lowest BCUT2D eigenvalue weighted by atomic mass is 9.67. The Morgan fingerprint density at radius 3 is 2.29 bits per heavy atom. The summed E-state index contributed by atoms with van der Waals surface area (Å²) >= 11 is 13.1. The van der Waals surface area contributed by atoms with Gasteiger partial charge in [0.05, 0.1) is 11.5 Å². The Balaban J connectivity index is 1.76. The minimum atomic E-state index is -0.598. The summed E-state index contributed by atoms with van der Waals surface area (Å²) in [5.74, 6) is 0.328. The van der Waals surface area contributed by atoms with E-state index < -0.39 is 5.41 Å². The van der Waals surface area contributed by atoms with Gasteiger partial charge in [-0.05, 0) is 62.9 Å². The molecule has 3 rings (SSSR count). The molecule has 0 radical (unpaired) electrons. The molecule has 0 saturated heterocycles. The fourth-order valence-corrected chi connectivity index (χ4v) is 5.42. The van der Waals surface area contributed by atoms with Gasteiger partial charge >= 0.3 is 0 Å². The van der Waals surface area contributed by atoms with Gasteiger partial charge in [-0.3, -0.25) is 0 Å². The Labute approximate surface area is 179 Å². The highest BCUT2D eigenvalue weighted by atomic mass is 35.5. The topological polar surface area (TPSA) is 27.0 Å². The maximum atomic E-state index is 10.4. The van der Waals surface area contributed by atoms with Gasteiger partial charge in [-0.2, -0.15) is 5.26 Å². The normalized spacial score (nSPS) is 16.8. The van der Waals surface area contributed by atoms with Gasteiger partial charge in [0.25, 0.3) is 0 Å². The van der Waals surface area contributed by atoms with Crippen LogP contribution in [0.2, 0.25) is 10.0 Å². The molecule has 0 aromatic heterocycles. The van der Waals surface area contributed by atoms with Gasteiger partial charge in [0.15, 0.2) is 0 Å². The van der Waals surface area contributed by atoms with Crippen molar-refractivity contribution in [1.82, 2.24) is 4.90 Å². The summed E-state index contributed by atoms with van der Waals surface area (Å²) in [5, 5.41) is 11.6. The van der Waals surface area contributed by atoms with Crippen molar-refractivity contribution in [3.63, 3.8) is 0 Å². The third-order valence-corrected chi connectivity index (χ3v) is 6.70. The van der Waals surface area contributed by atoms with Crippen molar-refractivity contribution in [3.8, 4) is 6.07 Å². The third-order valence-electron chi connectivity index (χ3n) is 6.07. The van der Waals surface area contributed by atoms with Crippen molar-refractivity contribution in [2.45, 2.75) is 50.5 Å². The highest BCUT2D eigenvalue weighted by molar-refractivity contribution is 6.36. The largest absolute Gasteiger partial charge is 0.302 e. The van der Waals surface area contributed by atoms with Crippen LogP contribution in [0, 0.1) is 17.2 Å². The molecule has 1 fully saturated rings. The van der Waals surface area contributed by atoms with E-state index in [-0.39, 0.29) is 0 Å². The van der Waals surface area contributed by atoms with Crippen molar-refractivity contribution >= 4 is 23.2 Å². The summed E-state index contributed by atoms with van der Waals surface area (Å²) in [6.45, 7) is 1.85. The average molecular weight is 415 g/mol. The first-order valence-corrected chi connectivity index (χ1v) is 10.9. The van der Waals surface area contributed by atoms with Gasteiger partial charge in [-0.15, -0.1) is 0 Å². The number of nitrogens with zero attached hydrogens (tertiary/aromatic N) is 2. The molecule has 1 aliphatic rings. The molecule has 1 atom stereocenters. The molecule has 1 unspecified atom stereocenters. The molecule has 0 aliphatic heterocycles. The molecular formula is C24H28Cl2N2. The van der Waals surface area contributed by atoms with Gasteiger partial charge in [0, 0.05) is 22.2 Å². The summed E-state index contributed by atoms with van der Waals surface area (Å²) < 4.78 is 0. The maximum absolute atomic E-state index is 10.4. The smallest absolute Gasteiger partial charge is 0.0879 e. The Morgan fingerprint density at radius 2 is 1.68 bits per heavy atom. The van der Waals surface area contributed by atoms with Crippen LogP contribution in [0.25, 0.3) is 0 Å². The third kappa shape index (κ3) is 4.71. The maximum Gasteiger partial charge on any atom is 0.0879 e. The number of hydrogen-bond donors (Lipinski definition) is 0. The van der Waals surface area contributed by atoms with Crippen LogP contribution in [-0.4, -0.2) is 18.5 Å². The zero-order valence-electron chi connectivity index (χ0n) is 16.5. The summed E-state index contributed by atoms with van der Waals surface area (Å²) in [5.41, 5.74) is 1.56. The predicted molar refractivity (Wildman–Crippen MR) is 118 cm³/mol. The Kier molecular flexibility index (Phi) is 7.41. The van der Waals surface area contributed by atoms with Gasteiger partial charge < -0.3 is 4.90 Å². The van der Waals surface area contributed by atoms with Gasteiger partial charge in [-0.25, -0.2) is 0 Å². The van der Waals surface area contributed by atoms with Gasteiger partial charge in [0.2, 0.25) is 0 Å². The molecule has 0 heterocycles. The number of rotatable bonds is 8. The molecule has 1 saturated carbocycles. The minimum absolute atomic E-state index is 0.328. The molecule has 28 heavy (non-hydrogen) atoms. The highest BCUT2D eigenvalue weighted by Crippen LogP contribution is 2.49. The van der Waals surface area contributed by atoms with Crippen LogP contribution in [0.15, 0.2) is 48.5 Å². The van der Waals surface area contributed by atoms with Crippen LogP contribution in [0.1, 0.15) is 49.7 Å². The molecule has 2 aromatic rings. The Hall–Kier alpha value is -1.53. The van der Waals surface area contributed by atoms with Crippen LogP contribution < -0.4 is 0 Å².